The first-order valence-electron chi connectivity index (χ1n) is 12.0. The fourth-order valence-corrected chi connectivity index (χ4v) is 4.59. The normalized spacial score (nSPS) is 14.5. The van der Waals surface area contributed by atoms with Gasteiger partial charge < -0.3 is 9.47 Å². The van der Waals surface area contributed by atoms with E-state index in [1.807, 2.05) is 78.9 Å². The van der Waals surface area contributed by atoms with Gasteiger partial charge in [-0.2, -0.15) is 5.10 Å². The van der Waals surface area contributed by atoms with E-state index in [9.17, 15) is 9.59 Å². The summed E-state index contributed by atoms with van der Waals surface area (Å²) in [5, 5.41) is 7.33. The number of nitrogens with one attached hydrogen (secondary N) is 1. The fraction of sp³-hybridized carbons (Fsp3) is 0.207. The highest BCUT2D eigenvalue weighted by Crippen LogP contribution is 2.49. The summed E-state index contributed by atoms with van der Waals surface area (Å²) in [6.45, 7) is 1.80. The molecular formula is C29H26ClN3O4. The molecule has 7 nitrogen and oxygen atoms in total. The maximum atomic E-state index is 12.6. The molecule has 0 spiro atoms. The van der Waals surface area contributed by atoms with Gasteiger partial charge in [-0.3, -0.25) is 10.1 Å². The van der Waals surface area contributed by atoms with Crippen LogP contribution in [0.3, 0.4) is 0 Å². The number of hydrogen-bond donors (Lipinski definition) is 1. The van der Waals surface area contributed by atoms with Crippen LogP contribution in [0.2, 0.25) is 5.02 Å². The number of amides is 1. The van der Waals surface area contributed by atoms with Crippen LogP contribution in [0.1, 0.15) is 37.0 Å². The maximum Gasteiger partial charge on any atom is 0.413 e. The lowest BCUT2D eigenvalue weighted by Crippen LogP contribution is -2.21. The van der Waals surface area contributed by atoms with Crippen LogP contribution in [0, 0.1) is 0 Å². The average molecular weight is 516 g/mol. The molecule has 1 fully saturated rings. The van der Waals surface area contributed by atoms with Crippen molar-refractivity contribution in [2.24, 2.45) is 0 Å². The van der Waals surface area contributed by atoms with Gasteiger partial charge in [0.2, 0.25) is 0 Å². The monoisotopic (exact) mass is 515 g/mol. The second-order valence-corrected chi connectivity index (χ2v) is 9.44. The molecule has 0 bridgehead atoms. The van der Waals surface area contributed by atoms with Crippen LogP contribution in [-0.4, -0.2) is 29.0 Å². The van der Waals surface area contributed by atoms with Crippen LogP contribution >= 0.6 is 11.6 Å². The van der Waals surface area contributed by atoms with Crippen molar-refractivity contribution in [2.75, 3.05) is 12.4 Å². The highest BCUT2D eigenvalue weighted by molar-refractivity contribution is 6.33. The Labute approximate surface area is 220 Å². The van der Waals surface area contributed by atoms with E-state index >= 15 is 0 Å². The number of methoxy groups -OCH3 is 1. The topological polar surface area (TPSA) is 82.5 Å². The van der Waals surface area contributed by atoms with Crippen LogP contribution in [0.4, 0.5) is 10.6 Å². The zero-order chi connectivity index (χ0) is 26.0. The summed E-state index contributed by atoms with van der Waals surface area (Å²) in [7, 11) is 1.43. The SMILES string of the molecule is COC(=O)C1(c2ccc(-c3ccc(-n4ncc(Cl)c4NC(=O)OC(C)c4ccccc4)cc3)cc2)CC1. The van der Waals surface area contributed by atoms with Crippen molar-refractivity contribution in [1.82, 2.24) is 9.78 Å². The Kier molecular flexibility index (Phi) is 6.72. The third kappa shape index (κ3) is 4.95. The first-order valence-corrected chi connectivity index (χ1v) is 12.3. The quantitative estimate of drug-likeness (QED) is 0.277. The summed E-state index contributed by atoms with van der Waals surface area (Å²) >= 11 is 6.32. The molecule has 1 unspecified atom stereocenters. The Morgan fingerprint density at radius 3 is 2.19 bits per heavy atom. The van der Waals surface area contributed by atoms with Crippen LogP contribution < -0.4 is 5.32 Å². The van der Waals surface area contributed by atoms with Crippen LogP contribution in [0.15, 0.2) is 85.1 Å². The molecule has 1 aromatic heterocycles. The Morgan fingerprint density at radius 1 is 0.973 bits per heavy atom. The van der Waals surface area contributed by atoms with Gasteiger partial charge in [-0.1, -0.05) is 78.3 Å². The summed E-state index contributed by atoms with van der Waals surface area (Å²) in [5.41, 5.74) is 4.13. The Balaban J connectivity index is 1.30. The number of anilines is 1. The number of carbonyl (C=O) groups is 2. The van der Waals surface area contributed by atoms with E-state index in [1.165, 1.54) is 13.3 Å². The molecule has 1 saturated carbocycles. The minimum atomic E-state index is -0.628. The zero-order valence-electron chi connectivity index (χ0n) is 20.5. The third-order valence-corrected chi connectivity index (χ3v) is 6.98. The largest absolute Gasteiger partial charge is 0.468 e. The number of ether oxygens (including phenoxy) is 2. The van der Waals surface area contributed by atoms with E-state index in [4.69, 9.17) is 21.1 Å². The number of nitrogens with zero attached hydrogens (tertiary/aromatic N) is 2. The molecule has 0 saturated heterocycles. The fourth-order valence-electron chi connectivity index (χ4n) is 4.42. The van der Waals surface area contributed by atoms with E-state index in [0.717, 1.165) is 40.8 Å². The number of esters is 1. The minimum absolute atomic E-state index is 0.176. The Hall–Kier alpha value is -4.10. The smallest absolute Gasteiger partial charge is 0.413 e. The van der Waals surface area contributed by atoms with E-state index in [2.05, 4.69) is 10.4 Å². The summed E-state index contributed by atoms with van der Waals surface area (Å²) in [6, 6.07) is 25.2. The van der Waals surface area contributed by atoms with Gasteiger partial charge in [0, 0.05) is 0 Å². The molecule has 37 heavy (non-hydrogen) atoms. The number of halogens is 1. The highest BCUT2D eigenvalue weighted by Gasteiger charge is 2.52. The molecule has 3 aromatic carbocycles. The van der Waals surface area contributed by atoms with Crippen molar-refractivity contribution in [1.29, 1.82) is 0 Å². The third-order valence-electron chi connectivity index (χ3n) is 6.71. The second kappa shape index (κ2) is 10.1. The van der Waals surface area contributed by atoms with Gasteiger partial charge in [-0.05, 0) is 54.2 Å². The minimum Gasteiger partial charge on any atom is -0.468 e. The number of aromatic nitrogens is 2. The van der Waals surface area contributed by atoms with Gasteiger partial charge in [0.25, 0.3) is 0 Å². The molecule has 188 valence electrons. The molecule has 1 atom stereocenters. The van der Waals surface area contributed by atoms with Crippen molar-refractivity contribution in [2.45, 2.75) is 31.3 Å². The molecule has 1 N–H and O–H groups in total. The van der Waals surface area contributed by atoms with Crippen molar-refractivity contribution in [3.63, 3.8) is 0 Å². The lowest BCUT2D eigenvalue weighted by Gasteiger charge is -2.15. The molecule has 1 aliphatic carbocycles. The van der Waals surface area contributed by atoms with Gasteiger partial charge in [0.15, 0.2) is 5.82 Å². The van der Waals surface area contributed by atoms with E-state index in [0.29, 0.717) is 10.8 Å². The molecular weight excluding hydrogens is 490 g/mol. The summed E-state index contributed by atoms with van der Waals surface area (Å²) < 4.78 is 12.1. The number of rotatable bonds is 7. The van der Waals surface area contributed by atoms with Crippen molar-refractivity contribution in [3.05, 3.63) is 101 Å². The zero-order valence-corrected chi connectivity index (χ0v) is 21.2. The van der Waals surface area contributed by atoms with E-state index in [-0.39, 0.29) is 5.97 Å². The summed E-state index contributed by atoms with van der Waals surface area (Å²) in [6.07, 6.45) is 2.05. The molecule has 8 heteroatoms. The van der Waals surface area contributed by atoms with Gasteiger partial charge in [0.05, 0.1) is 24.4 Å². The van der Waals surface area contributed by atoms with Gasteiger partial charge in [-0.15, -0.1) is 0 Å². The number of hydrogen-bond acceptors (Lipinski definition) is 5. The molecule has 1 aliphatic rings. The summed E-state index contributed by atoms with van der Waals surface area (Å²) in [4.78, 5) is 24.7. The number of benzene rings is 3. The molecule has 5 rings (SSSR count). The Morgan fingerprint density at radius 2 is 1.59 bits per heavy atom. The van der Waals surface area contributed by atoms with Crippen LogP contribution in [0.5, 0.6) is 0 Å². The lowest BCUT2D eigenvalue weighted by atomic mass is 9.94. The van der Waals surface area contributed by atoms with Crippen LogP contribution in [-0.2, 0) is 19.7 Å². The van der Waals surface area contributed by atoms with Gasteiger partial charge in [0.1, 0.15) is 11.1 Å². The van der Waals surface area contributed by atoms with Crippen LogP contribution in [0.25, 0.3) is 16.8 Å². The Bertz CT molecular complexity index is 1410. The molecule has 0 radical (unpaired) electrons. The molecule has 1 heterocycles. The second-order valence-electron chi connectivity index (χ2n) is 9.03. The van der Waals surface area contributed by atoms with Crippen molar-refractivity contribution in [3.8, 4) is 16.8 Å². The maximum absolute atomic E-state index is 12.6. The predicted molar refractivity (Wildman–Crippen MR) is 142 cm³/mol. The molecule has 4 aromatic rings. The predicted octanol–water partition coefficient (Wildman–Crippen LogP) is 6.71. The first kappa shape index (κ1) is 24.6. The van der Waals surface area contributed by atoms with Gasteiger partial charge >= 0.3 is 12.1 Å². The first-order chi connectivity index (χ1) is 17.9. The molecule has 1 amide bonds. The van der Waals surface area contributed by atoms with Crippen molar-refractivity contribution < 1.29 is 19.1 Å². The number of carbonyl (C=O) groups excluding carboxylic acids is 2. The van der Waals surface area contributed by atoms with E-state index in [1.54, 1.807) is 11.6 Å². The van der Waals surface area contributed by atoms with E-state index < -0.39 is 17.6 Å². The standard InChI is InChI=1S/C29H26ClN3O4/c1-19(20-6-4-3-5-7-20)37-28(35)32-26-25(30)18-31-33(26)24-14-10-22(11-15-24)21-8-12-23(13-9-21)29(16-17-29)27(34)36-2/h3-15,18-19H,16-17H2,1-2H3,(H,32,35). The van der Waals surface area contributed by atoms with Crippen molar-refractivity contribution >= 4 is 29.5 Å². The molecule has 0 aliphatic heterocycles. The highest BCUT2D eigenvalue weighted by atomic mass is 35.5. The van der Waals surface area contributed by atoms with Gasteiger partial charge in [-0.25, -0.2) is 9.48 Å². The summed E-state index contributed by atoms with van der Waals surface area (Å²) in [5.74, 6) is 0.145. The average Bonchev–Trinajstić information content (AvgIpc) is 3.67. The lowest BCUT2D eigenvalue weighted by molar-refractivity contribution is -0.143.